The summed E-state index contributed by atoms with van der Waals surface area (Å²) in [4.78, 5) is 44.8. The molecule has 3 N–H and O–H groups in total. The van der Waals surface area contributed by atoms with E-state index in [0.717, 1.165) is 28.2 Å². The number of aryl methyl sites for hydroxylation is 1. The molecule has 0 spiro atoms. The van der Waals surface area contributed by atoms with Gasteiger partial charge in [0.1, 0.15) is 22.6 Å². The van der Waals surface area contributed by atoms with Gasteiger partial charge in [0, 0.05) is 17.3 Å². The molecule has 3 heterocycles. The van der Waals surface area contributed by atoms with Gasteiger partial charge in [-0.2, -0.15) is 17.9 Å². The van der Waals surface area contributed by atoms with Crippen molar-refractivity contribution in [3.8, 4) is 5.69 Å². The Bertz CT molecular complexity index is 1860. The van der Waals surface area contributed by atoms with Crippen LogP contribution in [0.4, 0.5) is 13.2 Å². The topological polar surface area (TPSA) is 148 Å². The number of tetrazole rings is 1. The SMILES string of the molecule is O=C(NCc1ccc2cc(C(F)(F)F)sc2c1)c1cc(C(=O)N[C@@H]2CCc3cc(-n4nn[nH]c4=O)ccc32)ncn1. The zero-order valence-corrected chi connectivity index (χ0v) is 21.7. The fourth-order valence-electron chi connectivity index (χ4n) is 4.69. The largest absolute Gasteiger partial charge is 0.425 e. The number of alkyl halides is 3. The van der Waals surface area contributed by atoms with Gasteiger partial charge in [-0.05, 0) is 69.6 Å². The lowest BCUT2D eigenvalue weighted by Crippen LogP contribution is -2.29. The minimum Gasteiger partial charge on any atom is -0.347 e. The van der Waals surface area contributed by atoms with Gasteiger partial charge in [-0.1, -0.05) is 18.2 Å². The molecule has 2 aromatic carbocycles. The van der Waals surface area contributed by atoms with Crippen molar-refractivity contribution < 1.29 is 22.8 Å². The van der Waals surface area contributed by atoms with Crippen molar-refractivity contribution in [3.63, 3.8) is 0 Å². The van der Waals surface area contributed by atoms with Crippen LogP contribution in [0.15, 0.2) is 59.7 Å². The Morgan fingerprint density at radius 1 is 1.05 bits per heavy atom. The number of thiophene rings is 1. The van der Waals surface area contributed by atoms with Crippen LogP contribution in [0, 0.1) is 0 Å². The molecular weight excluding hydrogens is 561 g/mol. The molecule has 0 bridgehead atoms. The highest BCUT2D eigenvalue weighted by Crippen LogP contribution is 2.38. The lowest BCUT2D eigenvalue weighted by Gasteiger charge is -2.14. The first-order chi connectivity index (χ1) is 19.7. The molecule has 0 saturated carbocycles. The van der Waals surface area contributed by atoms with E-state index in [4.69, 9.17) is 0 Å². The fraction of sp³-hybridized carbons (Fsp3) is 0.192. The zero-order valence-electron chi connectivity index (χ0n) is 20.9. The second-order valence-corrected chi connectivity index (χ2v) is 10.4. The van der Waals surface area contributed by atoms with Crippen LogP contribution in [-0.4, -0.2) is 42.0 Å². The molecule has 0 aliphatic heterocycles. The van der Waals surface area contributed by atoms with Gasteiger partial charge >= 0.3 is 11.9 Å². The molecule has 5 aromatic rings. The Kier molecular flexibility index (Phi) is 6.57. The standard InChI is InChI=1S/C26H19F3N8O3S/c27-26(28,29)22-9-15-2-1-13(7-21(15)41-22)11-30-23(38)19-10-20(32-12-31-19)24(39)33-18-6-3-14-8-16(4-5-17(14)18)37-25(40)34-35-36-37/h1-2,4-5,7-10,12,18H,3,6,11H2,(H,30,38)(H,33,39)(H,34,36,40)/t18-/m1/s1. The highest BCUT2D eigenvalue weighted by atomic mass is 32.1. The first-order valence-corrected chi connectivity index (χ1v) is 13.1. The molecule has 0 radical (unpaired) electrons. The van der Waals surface area contributed by atoms with Crippen LogP contribution < -0.4 is 16.3 Å². The maximum Gasteiger partial charge on any atom is 0.425 e. The van der Waals surface area contributed by atoms with Gasteiger partial charge in [-0.15, -0.1) is 11.3 Å². The van der Waals surface area contributed by atoms with Gasteiger partial charge < -0.3 is 10.6 Å². The molecule has 3 aromatic heterocycles. The summed E-state index contributed by atoms with van der Waals surface area (Å²) in [6, 6.07) is 12.2. The minimum absolute atomic E-state index is 0.00375. The van der Waals surface area contributed by atoms with Crippen LogP contribution in [0.1, 0.15) is 55.0 Å². The number of amides is 2. The third-order valence-electron chi connectivity index (χ3n) is 6.68. The number of nitrogens with one attached hydrogen (secondary N) is 3. The van der Waals surface area contributed by atoms with Crippen molar-refractivity contribution >= 4 is 33.2 Å². The number of rotatable bonds is 6. The molecular formula is C26H19F3N8O3S. The summed E-state index contributed by atoms with van der Waals surface area (Å²) in [7, 11) is 0. The van der Waals surface area contributed by atoms with Crippen LogP contribution in [0.25, 0.3) is 15.8 Å². The number of aromatic nitrogens is 6. The smallest absolute Gasteiger partial charge is 0.347 e. The zero-order chi connectivity index (χ0) is 28.7. The number of carbonyl (C=O) groups is 2. The van der Waals surface area contributed by atoms with Crippen molar-refractivity contribution in [2.75, 3.05) is 0 Å². The van der Waals surface area contributed by atoms with E-state index >= 15 is 0 Å². The van der Waals surface area contributed by atoms with Crippen LogP contribution in [0.3, 0.4) is 0 Å². The van der Waals surface area contributed by atoms with Crippen molar-refractivity contribution in [3.05, 3.63) is 98.3 Å². The van der Waals surface area contributed by atoms with E-state index in [0.29, 0.717) is 45.5 Å². The Morgan fingerprint density at radius 2 is 1.85 bits per heavy atom. The molecule has 0 saturated heterocycles. The molecule has 11 nitrogen and oxygen atoms in total. The van der Waals surface area contributed by atoms with E-state index in [2.05, 4.69) is 36.1 Å². The highest BCUT2D eigenvalue weighted by Gasteiger charge is 2.32. The number of carbonyl (C=O) groups excluding carboxylic acids is 2. The van der Waals surface area contributed by atoms with E-state index in [1.54, 1.807) is 24.3 Å². The average molecular weight is 581 g/mol. The molecule has 0 fully saturated rings. The van der Waals surface area contributed by atoms with E-state index < -0.39 is 28.6 Å². The molecule has 1 atom stereocenters. The summed E-state index contributed by atoms with van der Waals surface area (Å²) in [6.45, 7) is 0.0564. The highest BCUT2D eigenvalue weighted by molar-refractivity contribution is 7.19. The third kappa shape index (κ3) is 5.30. The number of halogens is 3. The Hall–Kier alpha value is -4.92. The molecule has 41 heavy (non-hydrogen) atoms. The summed E-state index contributed by atoms with van der Waals surface area (Å²) in [6.07, 6.45) is -1.99. The molecule has 1 aliphatic carbocycles. The molecule has 2 amide bonds. The molecule has 208 valence electrons. The molecule has 0 unspecified atom stereocenters. The Balaban J connectivity index is 1.11. The van der Waals surface area contributed by atoms with Gasteiger partial charge in [0.15, 0.2) is 0 Å². The van der Waals surface area contributed by atoms with E-state index in [-0.39, 0.29) is 24.0 Å². The van der Waals surface area contributed by atoms with Crippen molar-refractivity contribution in [1.82, 2.24) is 40.8 Å². The summed E-state index contributed by atoms with van der Waals surface area (Å²) >= 11 is 0.640. The second kappa shape index (κ2) is 10.2. The number of hydrogen-bond donors (Lipinski definition) is 3. The quantitative estimate of drug-likeness (QED) is 0.279. The molecule has 6 rings (SSSR count). The maximum atomic E-state index is 13.0. The summed E-state index contributed by atoms with van der Waals surface area (Å²) < 4.78 is 40.6. The Labute approximate surface area is 232 Å². The normalized spacial score (nSPS) is 14.7. The number of nitrogens with zero attached hydrogens (tertiary/aromatic N) is 5. The van der Waals surface area contributed by atoms with Gasteiger partial charge in [-0.25, -0.2) is 19.9 Å². The number of H-pyrrole nitrogens is 1. The molecule has 15 heteroatoms. The number of aromatic amines is 1. The average Bonchev–Trinajstić information content (AvgIpc) is 3.69. The first kappa shape index (κ1) is 26.3. The summed E-state index contributed by atoms with van der Waals surface area (Å²) in [5.74, 6) is -1.05. The number of hydrogen-bond acceptors (Lipinski definition) is 8. The number of benzene rings is 2. The summed E-state index contributed by atoms with van der Waals surface area (Å²) in [5.41, 5.74) is 2.54. The molecule has 1 aliphatic rings. The van der Waals surface area contributed by atoms with E-state index in [9.17, 15) is 27.6 Å². The van der Waals surface area contributed by atoms with Crippen molar-refractivity contribution in [2.24, 2.45) is 0 Å². The van der Waals surface area contributed by atoms with Crippen LogP contribution in [0.2, 0.25) is 0 Å². The first-order valence-electron chi connectivity index (χ1n) is 12.3. The van der Waals surface area contributed by atoms with E-state index in [1.807, 2.05) is 12.1 Å². The maximum absolute atomic E-state index is 13.0. The fourth-order valence-corrected chi connectivity index (χ4v) is 5.68. The Morgan fingerprint density at radius 3 is 2.61 bits per heavy atom. The summed E-state index contributed by atoms with van der Waals surface area (Å²) in [5, 5.41) is 15.5. The van der Waals surface area contributed by atoms with Gasteiger partial charge in [-0.3, -0.25) is 9.59 Å². The lowest BCUT2D eigenvalue weighted by molar-refractivity contribution is -0.134. The van der Waals surface area contributed by atoms with Gasteiger partial charge in [0.25, 0.3) is 11.8 Å². The number of fused-ring (bicyclic) bond motifs is 2. The van der Waals surface area contributed by atoms with Crippen LogP contribution in [-0.2, 0) is 19.1 Å². The predicted molar refractivity (Wildman–Crippen MR) is 141 cm³/mol. The van der Waals surface area contributed by atoms with Crippen molar-refractivity contribution in [1.29, 1.82) is 0 Å². The van der Waals surface area contributed by atoms with Gasteiger partial charge in [0.2, 0.25) is 0 Å². The lowest BCUT2D eigenvalue weighted by atomic mass is 10.1. The minimum atomic E-state index is -4.42. The third-order valence-corrected chi connectivity index (χ3v) is 7.82. The van der Waals surface area contributed by atoms with Crippen LogP contribution >= 0.6 is 11.3 Å². The van der Waals surface area contributed by atoms with Crippen LogP contribution in [0.5, 0.6) is 0 Å². The monoisotopic (exact) mass is 580 g/mol. The van der Waals surface area contributed by atoms with Crippen molar-refractivity contribution in [2.45, 2.75) is 31.6 Å². The van der Waals surface area contributed by atoms with E-state index in [1.165, 1.54) is 6.07 Å². The predicted octanol–water partition coefficient (Wildman–Crippen LogP) is 3.33. The van der Waals surface area contributed by atoms with Gasteiger partial charge in [0.05, 0.1) is 11.7 Å². The second-order valence-electron chi connectivity index (χ2n) is 9.32.